The summed E-state index contributed by atoms with van der Waals surface area (Å²) >= 11 is 6.31. The summed E-state index contributed by atoms with van der Waals surface area (Å²) in [4.78, 5) is 22.5. The number of nitrogens with zero attached hydrogens (tertiary/aromatic N) is 2. The Hall–Kier alpha value is -2.98. The number of phenols is 1. The second-order valence-electron chi connectivity index (χ2n) is 5.50. The van der Waals surface area contributed by atoms with Gasteiger partial charge in [0, 0.05) is 23.3 Å². The summed E-state index contributed by atoms with van der Waals surface area (Å²) in [6, 6.07) is 12.2. The Morgan fingerprint density at radius 1 is 1.18 bits per heavy atom. The van der Waals surface area contributed by atoms with Crippen molar-refractivity contribution in [2.45, 2.75) is 0 Å². The fourth-order valence-corrected chi connectivity index (χ4v) is 3.45. The minimum atomic E-state index is -0.483. The highest BCUT2D eigenvalue weighted by Gasteiger charge is 2.12. The van der Waals surface area contributed by atoms with Crippen LogP contribution >= 0.6 is 31.9 Å². The zero-order valence-corrected chi connectivity index (χ0v) is 17.1. The molecule has 1 amide bonds. The lowest BCUT2D eigenvalue weighted by atomic mass is 10.1. The van der Waals surface area contributed by atoms with Gasteiger partial charge in [0.25, 0.3) is 11.6 Å². The molecule has 1 heterocycles. The van der Waals surface area contributed by atoms with Crippen LogP contribution in [0.4, 0.5) is 5.69 Å². The first-order chi connectivity index (χ1) is 13.3. The number of nitro benzene ring substituents is 1. The Labute approximate surface area is 175 Å². The third-order valence-corrected chi connectivity index (χ3v) is 4.81. The summed E-state index contributed by atoms with van der Waals surface area (Å²) in [5.41, 5.74) is 3.15. The Morgan fingerprint density at radius 2 is 1.89 bits per heavy atom. The van der Waals surface area contributed by atoms with Crippen molar-refractivity contribution in [1.29, 1.82) is 0 Å². The van der Waals surface area contributed by atoms with Crippen molar-refractivity contribution in [2.24, 2.45) is 5.10 Å². The fourth-order valence-electron chi connectivity index (χ4n) is 2.27. The molecule has 0 unspecified atom stereocenters. The number of benzene rings is 2. The maximum Gasteiger partial charge on any atom is 0.271 e. The van der Waals surface area contributed by atoms with Gasteiger partial charge in [0.1, 0.15) is 17.3 Å². The molecule has 0 fully saturated rings. The van der Waals surface area contributed by atoms with E-state index in [0.29, 0.717) is 26.0 Å². The number of hydrogen-bond donors (Lipinski definition) is 2. The van der Waals surface area contributed by atoms with Crippen LogP contribution in [0, 0.1) is 10.1 Å². The molecule has 0 spiro atoms. The van der Waals surface area contributed by atoms with Gasteiger partial charge in [-0.3, -0.25) is 14.9 Å². The average Bonchev–Trinajstić information content (AvgIpc) is 3.14. The zero-order valence-electron chi connectivity index (χ0n) is 13.9. The highest BCUT2D eigenvalue weighted by molar-refractivity contribution is 9.11. The molecule has 1 aromatic heterocycles. The normalized spacial score (nSPS) is 10.9. The zero-order chi connectivity index (χ0) is 20.3. The summed E-state index contributed by atoms with van der Waals surface area (Å²) < 4.78 is 6.30. The maximum atomic E-state index is 12.1. The smallest absolute Gasteiger partial charge is 0.271 e. The van der Waals surface area contributed by atoms with Gasteiger partial charge in [-0.1, -0.05) is 12.1 Å². The van der Waals surface area contributed by atoms with Crippen LogP contribution in [0.25, 0.3) is 11.3 Å². The van der Waals surface area contributed by atoms with E-state index in [2.05, 4.69) is 42.4 Å². The standard InChI is InChI=1S/C18H11Br2N3O5/c19-14-7-11(8-15(20)17(14)24)18(25)22-21-9-13-4-5-16(28-13)10-2-1-3-12(6-10)23(26)27/h1-9,24H,(H,22,25)/b21-9+. The van der Waals surface area contributed by atoms with Crippen molar-refractivity contribution in [3.8, 4) is 17.1 Å². The van der Waals surface area contributed by atoms with E-state index in [9.17, 15) is 20.0 Å². The lowest BCUT2D eigenvalue weighted by molar-refractivity contribution is -0.384. The van der Waals surface area contributed by atoms with E-state index < -0.39 is 10.8 Å². The fraction of sp³-hybridized carbons (Fsp3) is 0. The molecule has 142 valence electrons. The van der Waals surface area contributed by atoms with E-state index in [1.54, 1.807) is 24.3 Å². The molecule has 0 bridgehead atoms. The van der Waals surface area contributed by atoms with E-state index in [-0.39, 0.29) is 17.0 Å². The number of phenolic OH excluding ortho intramolecular Hbond substituents is 1. The Morgan fingerprint density at radius 3 is 2.57 bits per heavy atom. The summed E-state index contributed by atoms with van der Waals surface area (Å²) in [6.45, 7) is 0. The van der Waals surface area contributed by atoms with Gasteiger partial charge in [0.2, 0.25) is 0 Å². The third-order valence-electron chi connectivity index (χ3n) is 3.61. The van der Waals surface area contributed by atoms with Crippen LogP contribution in [0.3, 0.4) is 0 Å². The second kappa shape index (κ2) is 8.36. The number of nitrogens with one attached hydrogen (secondary N) is 1. The Balaban J connectivity index is 1.70. The van der Waals surface area contributed by atoms with Crippen molar-refractivity contribution in [3.05, 3.63) is 78.9 Å². The highest BCUT2D eigenvalue weighted by Crippen LogP contribution is 2.33. The van der Waals surface area contributed by atoms with Crippen LogP contribution in [0.5, 0.6) is 5.75 Å². The number of carbonyl (C=O) groups is 1. The third kappa shape index (κ3) is 4.46. The number of non-ortho nitro benzene ring substituents is 1. The summed E-state index contributed by atoms with van der Waals surface area (Å²) in [7, 11) is 0. The van der Waals surface area contributed by atoms with Gasteiger partial charge in [-0.25, -0.2) is 5.43 Å². The number of hydrogen-bond acceptors (Lipinski definition) is 6. The van der Waals surface area contributed by atoms with Gasteiger partial charge in [-0.05, 0) is 56.1 Å². The van der Waals surface area contributed by atoms with E-state index in [4.69, 9.17) is 4.42 Å². The minimum Gasteiger partial charge on any atom is -0.506 e. The highest BCUT2D eigenvalue weighted by atomic mass is 79.9. The van der Waals surface area contributed by atoms with Crippen LogP contribution in [-0.2, 0) is 0 Å². The molecule has 0 aliphatic rings. The predicted molar refractivity (Wildman–Crippen MR) is 109 cm³/mol. The van der Waals surface area contributed by atoms with Crippen LogP contribution in [0.2, 0.25) is 0 Å². The molecule has 28 heavy (non-hydrogen) atoms. The number of furan rings is 1. The van der Waals surface area contributed by atoms with Crippen LogP contribution in [0.1, 0.15) is 16.1 Å². The van der Waals surface area contributed by atoms with Crippen molar-refractivity contribution < 1.29 is 19.2 Å². The molecule has 3 rings (SSSR count). The van der Waals surface area contributed by atoms with Crippen molar-refractivity contribution in [2.75, 3.05) is 0 Å². The van der Waals surface area contributed by atoms with Gasteiger partial charge in [0.05, 0.1) is 20.1 Å². The number of aromatic hydroxyl groups is 1. The quantitative estimate of drug-likeness (QED) is 0.290. The molecule has 2 aromatic carbocycles. The minimum absolute atomic E-state index is 0.00989. The summed E-state index contributed by atoms with van der Waals surface area (Å²) in [6.07, 6.45) is 1.31. The molecule has 3 aromatic rings. The lowest BCUT2D eigenvalue weighted by Gasteiger charge is -2.04. The Bertz CT molecular complexity index is 1070. The van der Waals surface area contributed by atoms with Gasteiger partial charge < -0.3 is 9.52 Å². The maximum absolute atomic E-state index is 12.1. The molecule has 0 saturated heterocycles. The van der Waals surface area contributed by atoms with E-state index in [0.717, 1.165) is 0 Å². The number of amides is 1. The van der Waals surface area contributed by atoms with Crippen molar-refractivity contribution >= 4 is 49.7 Å². The molecule has 0 atom stereocenters. The monoisotopic (exact) mass is 507 g/mol. The lowest BCUT2D eigenvalue weighted by Crippen LogP contribution is -2.17. The molecule has 2 N–H and O–H groups in total. The van der Waals surface area contributed by atoms with Gasteiger partial charge in [-0.15, -0.1) is 0 Å². The van der Waals surface area contributed by atoms with E-state index >= 15 is 0 Å². The van der Waals surface area contributed by atoms with E-state index in [1.807, 2.05) is 0 Å². The van der Waals surface area contributed by atoms with Crippen molar-refractivity contribution in [1.82, 2.24) is 5.43 Å². The molecular weight excluding hydrogens is 498 g/mol. The molecule has 0 aliphatic carbocycles. The first-order valence-electron chi connectivity index (χ1n) is 7.71. The van der Waals surface area contributed by atoms with Crippen molar-refractivity contribution in [3.63, 3.8) is 0 Å². The molecule has 10 heteroatoms. The summed E-state index contributed by atoms with van der Waals surface area (Å²) in [5.74, 6) is 0.296. The van der Waals surface area contributed by atoms with Gasteiger partial charge in [-0.2, -0.15) is 5.10 Å². The number of nitro groups is 1. The molecule has 0 radical (unpaired) electrons. The molecular formula is C18H11Br2N3O5. The Kier molecular flexibility index (Phi) is 5.90. The molecule has 0 aliphatic heterocycles. The second-order valence-corrected chi connectivity index (χ2v) is 7.21. The number of rotatable bonds is 5. The average molecular weight is 509 g/mol. The largest absolute Gasteiger partial charge is 0.506 e. The molecule has 0 saturated carbocycles. The van der Waals surface area contributed by atoms with Crippen LogP contribution in [-0.4, -0.2) is 22.2 Å². The van der Waals surface area contributed by atoms with Crippen LogP contribution in [0.15, 0.2) is 67.0 Å². The van der Waals surface area contributed by atoms with E-state index in [1.165, 1.54) is 30.5 Å². The summed E-state index contributed by atoms with van der Waals surface area (Å²) in [5, 5.41) is 24.4. The first kappa shape index (κ1) is 19.8. The number of carbonyl (C=O) groups excluding carboxylic acids is 1. The SMILES string of the molecule is O=C(N/N=C/c1ccc(-c2cccc([N+](=O)[O-])c2)o1)c1cc(Br)c(O)c(Br)c1. The topological polar surface area (TPSA) is 118 Å². The predicted octanol–water partition coefficient (Wildman–Crippen LogP) is 4.85. The van der Waals surface area contributed by atoms with Crippen LogP contribution < -0.4 is 5.43 Å². The number of hydrazone groups is 1. The first-order valence-corrected chi connectivity index (χ1v) is 9.30. The van der Waals surface area contributed by atoms with Gasteiger partial charge in [0.15, 0.2) is 0 Å². The van der Waals surface area contributed by atoms with Gasteiger partial charge >= 0.3 is 0 Å². The number of halogens is 2. The molecule has 8 nitrogen and oxygen atoms in total.